The van der Waals surface area contributed by atoms with Crippen molar-refractivity contribution in [3.05, 3.63) is 54.7 Å². The highest BCUT2D eigenvalue weighted by molar-refractivity contribution is 5.76. The highest BCUT2D eigenvalue weighted by Gasteiger charge is 2.20. The molecule has 0 aromatic carbocycles. The lowest BCUT2D eigenvalue weighted by Crippen LogP contribution is -2.51. The molecule has 1 aliphatic rings. The van der Waals surface area contributed by atoms with Gasteiger partial charge in [-0.05, 0) is 31.2 Å². The third-order valence-electron chi connectivity index (χ3n) is 5.21. The van der Waals surface area contributed by atoms with Crippen molar-refractivity contribution in [1.82, 2.24) is 30.3 Å². The first-order chi connectivity index (χ1) is 15.2. The summed E-state index contributed by atoms with van der Waals surface area (Å²) in [6.45, 7) is 6.64. The van der Waals surface area contributed by atoms with Gasteiger partial charge in [0.15, 0.2) is 0 Å². The molecule has 3 aromatic heterocycles. The van der Waals surface area contributed by atoms with E-state index in [1.54, 1.807) is 6.20 Å². The lowest BCUT2D eigenvalue weighted by atomic mass is 10.2. The van der Waals surface area contributed by atoms with Gasteiger partial charge in [-0.3, -0.25) is 14.7 Å². The molecule has 1 N–H and O–H groups in total. The molecular weight excluding hydrogens is 394 g/mol. The van der Waals surface area contributed by atoms with E-state index in [4.69, 9.17) is 4.52 Å². The van der Waals surface area contributed by atoms with Crippen molar-refractivity contribution >= 4 is 11.7 Å². The van der Waals surface area contributed by atoms with Crippen LogP contribution in [0.25, 0.3) is 11.5 Å². The van der Waals surface area contributed by atoms with Gasteiger partial charge in [0, 0.05) is 64.0 Å². The minimum atomic E-state index is -0.0165. The summed E-state index contributed by atoms with van der Waals surface area (Å²) in [5, 5.41) is 7.01. The average Bonchev–Trinajstić information content (AvgIpc) is 3.28. The van der Waals surface area contributed by atoms with Crippen LogP contribution in [-0.2, 0) is 11.2 Å². The zero-order valence-electron chi connectivity index (χ0n) is 17.6. The molecule has 0 aliphatic carbocycles. The lowest BCUT2D eigenvalue weighted by molar-refractivity contribution is -0.121. The van der Waals surface area contributed by atoms with Crippen LogP contribution in [0.5, 0.6) is 0 Å². The summed E-state index contributed by atoms with van der Waals surface area (Å²) >= 11 is 0. The van der Waals surface area contributed by atoms with Crippen LogP contribution < -0.4 is 10.2 Å². The van der Waals surface area contributed by atoms with Gasteiger partial charge in [0.2, 0.25) is 17.6 Å². The third kappa shape index (κ3) is 5.85. The van der Waals surface area contributed by atoms with Crippen LogP contribution in [0.2, 0.25) is 0 Å². The molecule has 1 unspecified atom stereocenters. The van der Waals surface area contributed by atoms with Crippen molar-refractivity contribution in [2.45, 2.75) is 25.8 Å². The van der Waals surface area contributed by atoms with Gasteiger partial charge in [0.25, 0.3) is 0 Å². The maximum absolute atomic E-state index is 12.3. The van der Waals surface area contributed by atoms with Crippen molar-refractivity contribution in [2.24, 2.45) is 0 Å². The maximum Gasteiger partial charge on any atom is 0.227 e. The topological polar surface area (TPSA) is 100 Å². The van der Waals surface area contributed by atoms with E-state index in [2.05, 4.69) is 35.2 Å². The minimum Gasteiger partial charge on any atom is -0.354 e. The molecule has 9 nitrogen and oxygen atoms in total. The Bertz CT molecular complexity index is 956. The number of pyridine rings is 2. The Morgan fingerprint density at radius 2 is 1.87 bits per heavy atom. The quantitative estimate of drug-likeness (QED) is 0.588. The second kappa shape index (κ2) is 10.1. The van der Waals surface area contributed by atoms with E-state index in [-0.39, 0.29) is 11.9 Å². The number of carbonyl (C=O) groups excluding carboxylic acids is 1. The Hall–Kier alpha value is -3.33. The SMILES string of the molecule is CC(CN1CCN(c2ccccn2)CC1)NC(=O)CCc1nc(-c2ccccn2)no1. The molecule has 9 heteroatoms. The largest absolute Gasteiger partial charge is 0.354 e. The van der Waals surface area contributed by atoms with Gasteiger partial charge in [-0.1, -0.05) is 17.3 Å². The van der Waals surface area contributed by atoms with Gasteiger partial charge in [-0.2, -0.15) is 4.98 Å². The fourth-order valence-corrected chi connectivity index (χ4v) is 3.66. The van der Waals surface area contributed by atoms with Crippen molar-refractivity contribution in [3.8, 4) is 11.5 Å². The monoisotopic (exact) mass is 421 g/mol. The zero-order chi connectivity index (χ0) is 21.5. The number of aryl methyl sites for hydroxylation is 1. The Kier molecular flexibility index (Phi) is 6.83. The molecule has 31 heavy (non-hydrogen) atoms. The number of piperazine rings is 1. The number of nitrogens with one attached hydrogen (secondary N) is 1. The van der Waals surface area contributed by atoms with Gasteiger partial charge >= 0.3 is 0 Å². The van der Waals surface area contributed by atoms with E-state index in [9.17, 15) is 4.79 Å². The van der Waals surface area contributed by atoms with Gasteiger partial charge in [0.1, 0.15) is 11.5 Å². The Balaban J connectivity index is 1.17. The number of amides is 1. The predicted molar refractivity (Wildman–Crippen MR) is 116 cm³/mol. The van der Waals surface area contributed by atoms with Crippen molar-refractivity contribution in [2.75, 3.05) is 37.6 Å². The molecule has 3 aromatic rings. The van der Waals surface area contributed by atoms with Gasteiger partial charge in [-0.25, -0.2) is 4.98 Å². The van der Waals surface area contributed by atoms with Crippen LogP contribution in [0.15, 0.2) is 53.3 Å². The van der Waals surface area contributed by atoms with Gasteiger partial charge in [-0.15, -0.1) is 0 Å². The van der Waals surface area contributed by atoms with Crippen LogP contribution >= 0.6 is 0 Å². The predicted octanol–water partition coefficient (Wildman–Crippen LogP) is 1.79. The molecule has 0 spiro atoms. The normalized spacial score (nSPS) is 15.6. The summed E-state index contributed by atoms with van der Waals surface area (Å²) in [6.07, 6.45) is 4.22. The molecule has 4 heterocycles. The Morgan fingerprint density at radius 1 is 1.10 bits per heavy atom. The Morgan fingerprint density at radius 3 is 2.58 bits per heavy atom. The Labute approximate surface area is 181 Å². The van der Waals surface area contributed by atoms with E-state index >= 15 is 0 Å². The molecular formula is C22H27N7O2. The molecule has 1 aliphatic heterocycles. The van der Waals surface area contributed by atoms with Crippen LogP contribution in [0.3, 0.4) is 0 Å². The third-order valence-corrected chi connectivity index (χ3v) is 5.21. The first-order valence-corrected chi connectivity index (χ1v) is 10.6. The van der Waals surface area contributed by atoms with Crippen molar-refractivity contribution in [1.29, 1.82) is 0 Å². The molecule has 1 amide bonds. The fourth-order valence-electron chi connectivity index (χ4n) is 3.66. The maximum atomic E-state index is 12.3. The summed E-state index contributed by atoms with van der Waals surface area (Å²) in [4.78, 5) is 29.9. The number of rotatable bonds is 8. The van der Waals surface area contributed by atoms with Crippen LogP contribution in [0.4, 0.5) is 5.82 Å². The molecule has 0 radical (unpaired) electrons. The molecule has 0 saturated carbocycles. The smallest absolute Gasteiger partial charge is 0.227 e. The van der Waals surface area contributed by atoms with E-state index in [1.807, 2.05) is 49.5 Å². The van der Waals surface area contributed by atoms with Gasteiger partial charge in [0.05, 0.1) is 0 Å². The number of nitrogens with zero attached hydrogens (tertiary/aromatic N) is 6. The summed E-state index contributed by atoms with van der Waals surface area (Å²) in [7, 11) is 0. The zero-order valence-corrected chi connectivity index (χ0v) is 17.6. The summed E-state index contributed by atoms with van der Waals surface area (Å²) in [5.74, 6) is 1.89. The number of hydrogen-bond acceptors (Lipinski definition) is 8. The molecule has 1 fully saturated rings. The van der Waals surface area contributed by atoms with Crippen LogP contribution in [-0.4, -0.2) is 69.7 Å². The standard InChI is InChI=1S/C22H27N7O2/c1-17(16-28-12-14-29(15-13-28)19-7-3-5-11-24-19)25-20(30)8-9-21-26-22(27-31-21)18-6-2-4-10-23-18/h2-7,10-11,17H,8-9,12-16H2,1H3,(H,25,30). The molecule has 1 atom stereocenters. The molecule has 162 valence electrons. The van der Waals surface area contributed by atoms with E-state index in [0.717, 1.165) is 38.5 Å². The highest BCUT2D eigenvalue weighted by Crippen LogP contribution is 2.14. The minimum absolute atomic E-state index is 0.0165. The number of carbonyl (C=O) groups is 1. The van der Waals surface area contributed by atoms with Crippen LogP contribution in [0, 0.1) is 0 Å². The molecule has 4 rings (SSSR count). The first kappa shape index (κ1) is 20.9. The van der Waals surface area contributed by atoms with Crippen molar-refractivity contribution in [3.63, 3.8) is 0 Å². The number of anilines is 1. The fraction of sp³-hybridized carbons (Fsp3) is 0.409. The summed E-state index contributed by atoms with van der Waals surface area (Å²) < 4.78 is 5.24. The van der Waals surface area contributed by atoms with Crippen molar-refractivity contribution < 1.29 is 9.32 Å². The van der Waals surface area contributed by atoms with E-state index in [0.29, 0.717) is 30.3 Å². The second-order valence-electron chi connectivity index (χ2n) is 7.67. The number of hydrogen-bond donors (Lipinski definition) is 1. The lowest BCUT2D eigenvalue weighted by Gasteiger charge is -2.36. The van der Waals surface area contributed by atoms with E-state index < -0.39 is 0 Å². The van der Waals surface area contributed by atoms with E-state index in [1.165, 1.54) is 0 Å². The first-order valence-electron chi connectivity index (χ1n) is 10.6. The highest BCUT2D eigenvalue weighted by atomic mass is 16.5. The summed E-state index contributed by atoms with van der Waals surface area (Å²) in [5.41, 5.74) is 0.652. The second-order valence-corrected chi connectivity index (χ2v) is 7.67. The molecule has 0 bridgehead atoms. The van der Waals surface area contributed by atoms with Crippen LogP contribution in [0.1, 0.15) is 19.2 Å². The molecule has 1 saturated heterocycles. The van der Waals surface area contributed by atoms with Gasteiger partial charge < -0.3 is 14.7 Å². The average molecular weight is 422 g/mol. The summed E-state index contributed by atoms with van der Waals surface area (Å²) in [6, 6.07) is 11.6. The number of aromatic nitrogens is 4.